The predicted octanol–water partition coefficient (Wildman–Crippen LogP) is 3.08. The lowest BCUT2D eigenvalue weighted by atomic mass is 10.0. The van der Waals surface area contributed by atoms with Gasteiger partial charge in [-0.2, -0.15) is 0 Å². The number of hydrogen-bond acceptors (Lipinski definition) is 2. The van der Waals surface area contributed by atoms with Crippen molar-refractivity contribution in [2.75, 3.05) is 0 Å². The molecule has 4 nitrogen and oxygen atoms in total. The molecule has 1 unspecified atom stereocenters. The third-order valence-electron chi connectivity index (χ3n) is 3.57. The molecule has 0 spiro atoms. The Hall–Kier alpha value is -2.36. The molecule has 1 aromatic heterocycles. The van der Waals surface area contributed by atoms with E-state index in [-0.39, 0.29) is 17.7 Å². The normalized spacial score (nSPS) is 12.0. The Morgan fingerprint density at radius 1 is 1.29 bits per heavy atom. The summed E-state index contributed by atoms with van der Waals surface area (Å²) in [5, 5.41) is 2.87. The number of aryl methyl sites for hydroxylation is 1. The molecule has 2 N–H and O–H groups in total. The Bertz CT molecular complexity index is 658. The van der Waals surface area contributed by atoms with E-state index in [4.69, 9.17) is 0 Å². The Balaban J connectivity index is 2.18. The molecule has 0 aliphatic carbocycles. The molecule has 0 radical (unpaired) electrons. The Morgan fingerprint density at radius 2 is 2.00 bits per heavy atom. The number of hydrogen-bond donors (Lipinski definition) is 2. The van der Waals surface area contributed by atoms with Gasteiger partial charge >= 0.3 is 0 Å². The van der Waals surface area contributed by atoms with E-state index in [0.717, 1.165) is 12.0 Å². The topological polar surface area (TPSA) is 62.0 Å². The summed E-state index contributed by atoms with van der Waals surface area (Å²) < 4.78 is 0. The van der Waals surface area contributed by atoms with Gasteiger partial charge in [-0.05, 0) is 31.9 Å². The van der Waals surface area contributed by atoms with Crippen LogP contribution < -0.4 is 5.32 Å². The van der Waals surface area contributed by atoms with Crippen LogP contribution in [0.1, 0.15) is 52.2 Å². The summed E-state index contributed by atoms with van der Waals surface area (Å²) in [6.07, 6.45) is 2.45. The van der Waals surface area contributed by atoms with Crippen molar-refractivity contribution in [3.05, 3.63) is 58.9 Å². The highest BCUT2D eigenvalue weighted by atomic mass is 16.2. The fourth-order valence-corrected chi connectivity index (χ4v) is 2.04. The second-order valence-electron chi connectivity index (χ2n) is 5.23. The summed E-state index contributed by atoms with van der Waals surface area (Å²) >= 11 is 0. The molecule has 2 rings (SSSR count). The monoisotopic (exact) mass is 284 g/mol. The molecule has 0 aliphatic heterocycles. The van der Waals surface area contributed by atoms with Gasteiger partial charge in [-0.1, -0.05) is 31.2 Å². The first kappa shape index (κ1) is 15.0. The average molecular weight is 284 g/mol. The molecule has 1 heterocycles. The van der Waals surface area contributed by atoms with Crippen LogP contribution in [0.3, 0.4) is 0 Å². The van der Waals surface area contributed by atoms with E-state index in [0.29, 0.717) is 16.8 Å². The van der Waals surface area contributed by atoms with Gasteiger partial charge in [0, 0.05) is 23.4 Å². The van der Waals surface area contributed by atoms with Crippen molar-refractivity contribution >= 4 is 11.7 Å². The van der Waals surface area contributed by atoms with Crippen LogP contribution in [0.15, 0.2) is 36.5 Å². The highest BCUT2D eigenvalue weighted by molar-refractivity contribution is 6.11. The van der Waals surface area contributed by atoms with E-state index in [1.165, 1.54) is 0 Å². The third kappa shape index (κ3) is 3.40. The number of amides is 1. The molecule has 1 amide bonds. The number of aromatic amines is 1. The number of ketones is 1. The van der Waals surface area contributed by atoms with Gasteiger partial charge in [-0.3, -0.25) is 9.59 Å². The van der Waals surface area contributed by atoms with Crippen molar-refractivity contribution in [3.8, 4) is 0 Å². The zero-order valence-electron chi connectivity index (χ0n) is 12.6. The van der Waals surface area contributed by atoms with Gasteiger partial charge in [0.25, 0.3) is 5.91 Å². The molecule has 1 atom stereocenters. The molecule has 0 aliphatic rings. The highest BCUT2D eigenvalue weighted by Crippen LogP contribution is 2.15. The van der Waals surface area contributed by atoms with Gasteiger partial charge in [0.1, 0.15) is 5.69 Å². The van der Waals surface area contributed by atoms with Gasteiger partial charge in [-0.15, -0.1) is 0 Å². The van der Waals surface area contributed by atoms with E-state index >= 15 is 0 Å². The van der Waals surface area contributed by atoms with Crippen LogP contribution in [0.5, 0.6) is 0 Å². The van der Waals surface area contributed by atoms with Crippen LogP contribution in [-0.4, -0.2) is 22.7 Å². The van der Waals surface area contributed by atoms with Crippen LogP contribution in [0.2, 0.25) is 0 Å². The zero-order valence-corrected chi connectivity index (χ0v) is 12.6. The number of benzene rings is 1. The minimum atomic E-state index is -0.187. The standard InChI is InChI=1S/C17H20N2O2/c1-4-12(3)19-17(21)15-9-13(10-18-15)16(20)14-8-6-5-7-11(14)2/h5-10,12,18H,4H2,1-3H3,(H,19,21). The van der Waals surface area contributed by atoms with Gasteiger partial charge in [0.15, 0.2) is 5.78 Å². The Labute approximate surface area is 124 Å². The third-order valence-corrected chi connectivity index (χ3v) is 3.57. The average Bonchev–Trinajstić information content (AvgIpc) is 2.96. The Morgan fingerprint density at radius 3 is 2.67 bits per heavy atom. The second-order valence-corrected chi connectivity index (χ2v) is 5.23. The molecular weight excluding hydrogens is 264 g/mol. The number of H-pyrrole nitrogens is 1. The first-order valence-electron chi connectivity index (χ1n) is 7.12. The minimum absolute atomic E-state index is 0.0769. The van der Waals surface area contributed by atoms with Gasteiger partial charge in [-0.25, -0.2) is 0 Å². The largest absolute Gasteiger partial charge is 0.356 e. The molecule has 21 heavy (non-hydrogen) atoms. The molecule has 4 heteroatoms. The summed E-state index contributed by atoms with van der Waals surface area (Å²) in [5.41, 5.74) is 2.49. The van der Waals surface area contributed by atoms with E-state index in [1.807, 2.05) is 39.0 Å². The minimum Gasteiger partial charge on any atom is -0.356 e. The number of carbonyl (C=O) groups is 2. The predicted molar refractivity (Wildman–Crippen MR) is 82.6 cm³/mol. The van der Waals surface area contributed by atoms with Crippen molar-refractivity contribution in [1.82, 2.24) is 10.3 Å². The summed E-state index contributed by atoms with van der Waals surface area (Å²) in [7, 11) is 0. The maximum atomic E-state index is 12.4. The van der Waals surface area contributed by atoms with Crippen LogP contribution in [0.25, 0.3) is 0 Å². The molecule has 1 aromatic carbocycles. The van der Waals surface area contributed by atoms with Crippen molar-refractivity contribution < 1.29 is 9.59 Å². The van der Waals surface area contributed by atoms with Crippen LogP contribution in [0, 0.1) is 6.92 Å². The molecule has 0 saturated heterocycles. The van der Waals surface area contributed by atoms with Crippen molar-refractivity contribution in [2.45, 2.75) is 33.2 Å². The second kappa shape index (κ2) is 6.39. The first-order valence-corrected chi connectivity index (χ1v) is 7.12. The maximum absolute atomic E-state index is 12.4. The van der Waals surface area contributed by atoms with E-state index in [9.17, 15) is 9.59 Å². The number of aromatic nitrogens is 1. The molecule has 2 aromatic rings. The van der Waals surface area contributed by atoms with Crippen molar-refractivity contribution in [1.29, 1.82) is 0 Å². The molecule has 0 bridgehead atoms. The lowest BCUT2D eigenvalue weighted by molar-refractivity contribution is 0.0934. The van der Waals surface area contributed by atoms with E-state index in [1.54, 1.807) is 18.3 Å². The van der Waals surface area contributed by atoms with Gasteiger partial charge in [0.2, 0.25) is 0 Å². The first-order chi connectivity index (χ1) is 10.0. The SMILES string of the molecule is CCC(C)NC(=O)c1cc(C(=O)c2ccccc2C)c[nH]1. The molecular formula is C17H20N2O2. The fraction of sp³-hybridized carbons (Fsp3) is 0.294. The van der Waals surface area contributed by atoms with Crippen LogP contribution in [-0.2, 0) is 0 Å². The summed E-state index contributed by atoms with van der Waals surface area (Å²) in [6.45, 7) is 5.85. The zero-order chi connectivity index (χ0) is 15.4. The van der Waals surface area contributed by atoms with Crippen LogP contribution in [0.4, 0.5) is 0 Å². The highest BCUT2D eigenvalue weighted by Gasteiger charge is 2.16. The van der Waals surface area contributed by atoms with Crippen molar-refractivity contribution in [3.63, 3.8) is 0 Å². The van der Waals surface area contributed by atoms with Gasteiger partial charge < -0.3 is 10.3 Å². The number of rotatable bonds is 5. The summed E-state index contributed by atoms with van der Waals surface area (Å²) in [6, 6.07) is 9.14. The van der Waals surface area contributed by atoms with Crippen molar-refractivity contribution in [2.24, 2.45) is 0 Å². The number of carbonyl (C=O) groups excluding carboxylic acids is 2. The summed E-state index contributed by atoms with van der Waals surface area (Å²) in [5.74, 6) is -0.264. The maximum Gasteiger partial charge on any atom is 0.267 e. The van der Waals surface area contributed by atoms with E-state index in [2.05, 4.69) is 10.3 Å². The smallest absolute Gasteiger partial charge is 0.267 e. The quantitative estimate of drug-likeness (QED) is 0.829. The molecule has 0 saturated carbocycles. The molecule has 110 valence electrons. The van der Waals surface area contributed by atoms with E-state index < -0.39 is 0 Å². The lowest BCUT2D eigenvalue weighted by Gasteiger charge is -2.09. The molecule has 0 fully saturated rings. The Kier molecular flexibility index (Phi) is 4.58. The summed E-state index contributed by atoms with van der Waals surface area (Å²) in [4.78, 5) is 27.3. The van der Waals surface area contributed by atoms with Gasteiger partial charge in [0.05, 0.1) is 0 Å². The fourth-order valence-electron chi connectivity index (χ4n) is 2.04. The number of nitrogens with one attached hydrogen (secondary N) is 2. The van der Waals surface area contributed by atoms with Crippen LogP contribution >= 0.6 is 0 Å². The lowest BCUT2D eigenvalue weighted by Crippen LogP contribution is -2.32.